The third-order valence-electron chi connectivity index (χ3n) is 2.19. The third-order valence-corrected chi connectivity index (χ3v) is 3.44. The van der Waals surface area contributed by atoms with Crippen molar-refractivity contribution in [3.63, 3.8) is 0 Å². The second kappa shape index (κ2) is 6.10. The number of rotatable bonds is 5. The molecule has 0 fully saturated rings. The number of alkyl halides is 2. The highest BCUT2D eigenvalue weighted by Gasteiger charge is 2.10. The van der Waals surface area contributed by atoms with Gasteiger partial charge in [-0.1, -0.05) is 23.9 Å². The molecule has 0 aliphatic carbocycles. The standard InChI is InChI=1S/C11H11F2N3S2/c1-2-14-10-9(15-18-16-10)7-3-5-8(6-4-7)17-11(12)13/h3-6,11H,2H2,1H3,(H,14,16). The van der Waals surface area contributed by atoms with Crippen molar-refractivity contribution in [3.8, 4) is 11.3 Å². The van der Waals surface area contributed by atoms with Crippen LogP contribution in [0, 0.1) is 0 Å². The molecule has 0 bridgehead atoms. The molecular formula is C11H11F2N3S2. The van der Waals surface area contributed by atoms with Gasteiger partial charge in [0, 0.05) is 17.0 Å². The van der Waals surface area contributed by atoms with Gasteiger partial charge in [0.2, 0.25) is 0 Å². The topological polar surface area (TPSA) is 37.8 Å². The Hall–Kier alpha value is -1.21. The molecule has 0 radical (unpaired) electrons. The molecule has 0 saturated heterocycles. The number of nitrogens with one attached hydrogen (secondary N) is 1. The Bertz CT molecular complexity index is 499. The summed E-state index contributed by atoms with van der Waals surface area (Å²) in [6.45, 7) is 2.74. The van der Waals surface area contributed by atoms with E-state index in [1.54, 1.807) is 24.3 Å². The lowest BCUT2D eigenvalue weighted by atomic mass is 10.1. The molecule has 1 aromatic heterocycles. The van der Waals surface area contributed by atoms with E-state index in [0.29, 0.717) is 16.7 Å². The van der Waals surface area contributed by atoms with Crippen LogP contribution in [0.25, 0.3) is 11.3 Å². The van der Waals surface area contributed by atoms with Crippen LogP contribution in [0.2, 0.25) is 0 Å². The zero-order valence-corrected chi connectivity index (χ0v) is 11.2. The molecule has 0 aliphatic heterocycles. The van der Waals surface area contributed by atoms with Crippen molar-refractivity contribution in [3.05, 3.63) is 24.3 Å². The molecule has 0 spiro atoms. The molecule has 7 heteroatoms. The molecule has 0 unspecified atom stereocenters. The monoisotopic (exact) mass is 287 g/mol. The minimum Gasteiger partial charge on any atom is -0.368 e. The predicted molar refractivity (Wildman–Crippen MR) is 71.4 cm³/mol. The lowest BCUT2D eigenvalue weighted by molar-refractivity contribution is 0.252. The molecule has 0 saturated carbocycles. The Morgan fingerprint density at radius 3 is 2.61 bits per heavy atom. The number of thioether (sulfide) groups is 1. The minimum absolute atomic E-state index is 0.536. The van der Waals surface area contributed by atoms with Crippen molar-refractivity contribution in [2.75, 3.05) is 11.9 Å². The fourth-order valence-corrected chi connectivity index (χ4v) is 2.50. The maximum absolute atomic E-state index is 12.2. The highest BCUT2D eigenvalue weighted by atomic mass is 32.2. The van der Waals surface area contributed by atoms with Gasteiger partial charge < -0.3 is 5.32 Å². The average molecular weight is 287 g/mol. The van der Waals surface area contributed by atoms with Crippen LogP contribution < -0.4 is 5.32 Å². The quantitative estimate of drug-likeness (QED) is 0.845. The van der Waals surface area contributed by atoms with Gasteiger partial charge >= 0.3 is 0 Å². The number of halogens is 2. The predicted octanol–water partition coefficient (Wildman–Crippen LogP) is 3.95. The van der Waals surface area contributed by atoms with Gasteiger partial charge in [-0.25, -0.2) is 0 Å². The Morgan fingerprint density at radius 2 is 2.00 bits per heavy atom. The Balaban J connectivity index is 2.20. The highest BCUT2D eigenvalue weighted by molar-refractivity contribution is 7.99. The fourth-order valence-electron chi connectivity index (χ4n) is 1.46. The molecule has 18 heavy (non-hydrogen) atoms. The average Bonchev–Trinajstić information content (AvgIpc) is 2.78. The first-order chi connectivity index (χ1) is 8.70. The van der Waals surface area contributed by atoms with E-state index in [4.69, 9.17) is 0 Å². The Kier molecular flexibility index (Phi) is 4.48. The van der Waals surface area contributed by atoms with Crippen molar-refractivity contribution >= 4 is 29.3 Å². The zero-order chi connectivity index (χ0) is 13.0. The van der Waals surface area contributed by atoms with Gasteiger partial charge in [-0.05, 0) is 19.1 Å². The second-order valence-electron chi connectivity index (χ2n) is 3.39. The summed E-state index contributed by atoms with van der Waals surface area (Å²) >= 11 is 1.66. The minimum atomic E-state index is -2.39. The number of nitrogens with zero attached hydrogens (tertiary/aromatic N) is 2. The van der Waals surface area contributed by atoms with Gasteiger partial charge in [0.15, 0.2) is 5.82 Å². The van der Waals surface area contributed by atoms with E-state index in [1.807, 2.05) is 6.92 Å². The summed E-state index contributed by atoms with van der Waals surface area (Å²) in [5.41, 5.74) is 1.63. The number of hydrogen-bond acceptors (Lipinski definition) is 5. The van der Waals surface area contributed by atoms with E-state index >= 15 is 0 Å². The van der Waals surface area contributed by atoms with Gasteiger partial charge in [0.05, 0.1) is 11.7 Å². The van der Waals surface area contributed by atoms with Crippen LogP contribution in [0.1, 0.15) is 6.92 Å². The smallest absolute Gasteiger partial charge is 0.288 e. The van der Waals surface area contributed by atoms with Crippen molar-refractivity contribution in [1.82, 2.24) is 8.75 Å². The Morgan fingerprint density at radius 1 is 1.28 bits per heavy atom. The van der Waals surface area contributed by atoms with E-state index in [2.05, 4.69) is 14.1 Å². The molecule has 1 N–H and O–H groups in total. The van der Waals surface area contributed by atoms with Crippen LogP contribution >= 0.6 is 23.5 Å². The molecule has 0 amide bonds. The molecule has 96 valence electrons. The van der Waals surface area contributed by atoms with E-state index in [9.17, 15) is 8.78 Å². The zero-order valence-electron chi connectivity index (χ0n) is 9.56. The number of anilines is 1. The number of benzene rings is 1. The third kappa shape index (κ3) is 3.17. The number of hydrogen-bond donors (Lipinski definition) is 1. The molecule has 0 aliphatic rings. The SMILES string of the molecule is CCNc1nsnc1-c1ccc(SC(F)F)cc1. The molecule has 1 aromatic carbocycles. The first-order valence-corrected chi connectivity index (χ1v) is 6.93. The highest BCUT2D eigenvalue weighted by Crippen LogP contribution is 2.30. The largest absolute Gasteiger partial charge is 0.368 e. The summed E-state index contributed by atoms with van der Waals surface area (Å²) in [6.07, 6.45) is 0. The van der Waals surface area contributed by atoms with Crippen molar-refractivity contribution in [2.24, 2.45) is 0 Å². The summed E-state index contributed by atoms with van der Waals surface area (Å²) < 4.78 is 32.7. The normalized spacial score (nSPS) is 10.9. The van der Waals surface area contributed by atoms with Crippen molar-refractivity contribution < 1.29 is 8.78 Å². The van der Waals surface area contributed by atoms with E-state index in [1.165, 1.54) is 0 Å². The summed E-state index contributed by atoms with van der Waals surface area (Å²) in [4.78, 5) is 0.543. The number of aromatic nitrogens is 2. The lowest BCUT2D eigenvalue weighted by Gasteiger charge is -2.04. The van der Waals surface area contributed by atoms with Crippen LogP contribution in [0.5, 0.6) is 0 Å². The van der Waals surface area contributed by atoms with Crippen molar-refractivity contribution in [1.29, 1.82) is 0 Å². The van der Waals surface area contributed by atoms with E-state index < -0.39 is 5.76 Å². The summed E-state index contributed by atoms with van der Waals surface area (Å²) in [6, 6.07) is 6.90. The molecule has 2 rings (SSSR count). The fraction of sp³-hybridized carbons (Fsp3) is 0.273. The molecular weight excluding hydrogens is 276 g/mol. The van der Waals surface area contributed by atoms with E-state index in [-0.39, 0.29) is 0 Å². The summed E-state index contributed by atoms with van der Waals surface area (Å²) in [7, 11) is 0. The molecule has 3 nitrogen and oxygen atoms in total. The van der Waals surface area contributed by atoms with Crippen LogP contribution in [-0.4, -0.2) is 21.0 Å². The summed E-state index contributed by atoms with van der Waals surface area (Å²) in [5.74, 6) is -1.66. The van der Waals surface area contributed by atoms with Gasteiger partial charge in [-0.2, -0.15) is 17.5 Å². The van der Waals surface area contributed by atoms with Crippen LogP contribution in [0.3, 0.4) is 0 Å². The second-order valence-corrected chi connectivity index (χ2v) is 4.99. The van der Waals surface area contributed by atoms with E-state index in [0.717, 1.165) is 35.3 Å². The molecule has 1 heterocycles. The molecule has 0 atom stereocenters. The van der Waals surface area contributed by atoms with Gasteiger partial charge in [-0.3, -0.25) is 0 Å². The lowest BCUT2D eigenvalue weighted by Crippen LogP contribution is -1.98. The first kappa shape index (κ1) is 13.2. The van der Waals surface area contributed by atoms with Crippen LogP contribution in [0.15, 0.2) is 29.2 Å². The van der Waals surface area contributed by atoms with Gasteiger partial charge in [0.25, 0.3) is 5.76 Å². The maximum atomic E-state index is 12.2. The first-order valence-electron chi connectivity index (χ1n) is 5.32. The van der Waals surface area contributed by atoms with Gasteiger partial charge in [-0.15, -0.1) is 0 Å². The maximum Gasteiger partial charge on any atom is 0.288 e. The summed E-state index contributed by atoms with van der Waals surface area (Å²) in [5, 5.41) is 3.11. The van der Waals surface area contributed by atoms with Gasteiger partial charge in [0.1, 0.15) is 5.69 Å². The van der Waals surface area contributed by atoms with Crippen LogP contribution in [0.4, 0.5) is 14.6 Å². The van der Waals surface area contributed by atoms with Crippen LogP contribution in [-0.2, 0) is 0 Å². The Labute approximate surface area is 112 Å². The molecule has 2 aromatic rings. The van der Waals surface area contributed by atoms with Crippen molar-refractivity contribution in [2.45, 2.75) is 17.6 Å².